The number of rotatable bonds is 6. The molecule has 2 aliphatic rings. The molecule has 2 rings (SSSR count). The molecule has 0 aliphatic carbocycles. The van der Waals surface area contributed by atoms with Gasteiger partial charge >= 0.3 is 0 Å². The first-order valence-electron chi connectivity index (χ1n) is 8.92. The highest BCUT2D eigenvalue weighted by Gasteiger charge is 2.49. The third-order valence-electron chi connectivity index (χ3n) is 5.26. The lowest BCUT2D eigenvalue weighted by Gasteiger charge is -2.43. The van der Waals surface area contributed by atoms with Crippen LogP contribution < -0.4 is 0 Å². The fourth-order valence-electron chi connectivity index (χ4n) is 4.42. The summed E-state index contributed by atoms with van der Waals surface area (Å²) in [6, 6.07) is 0. The largest absolute Gasteiger partial charge is 0.493 e. The normalized spacial score (nSPS) is 30.1. The van der Waals surface area contributed by atoms with Gasteiger partial charge in [-0.1, -0.05) is 41.5 Å². The Bertz CT molecular complexity index is 409. The molecule has 0 aromatic carbocycles. The van der Waals surface area contributed by atoms with Crippen LogP contribution in [0, 0.1) is 0 Å². The van der Waals surface area contributed by atoms with E-state index in [0.29, 0.717) is 23.2 Å². The minimum absolute atomic E-state index is 0.0411. The molecule has 23 heavy (non-hydrogen) atoms. The Labute approximate surface area is 142 Å². The zero-order valence-corrected chi connectivity index (χ0v) is 17.0. The monoisotopic (exact) mass is 342 g/mol. The van der Waals surface area contributed by atoms with E-state index in [1.807, 2.05) is 19.9 Å². The summed E-state index contributed by atoms with van der Waals surface area (Å²) in [6.07, 6.45) is 3.45. The predicted octanol–water partition coefficient (Wildman–Crippen LogP) is 4.61. The quantitative estimate of drug-likeness (QED) is 0.661. The Hall–Kier alpha value is -0.363. The van der Waals surface area contributed by atoms with Gasteiger partial charge in [0.25, 0.3) is 0 Å². The SMILES string of the molecule is CC(C)[Si](OCC1OC=C[C@H]2OC(C)(C)OC12)(C(C)C)C(C)C. The molecule has 3 atom stereocenters. The second kappa shape index (κ2) is 6.87. The summed E-state index contributed by atoms with van der Waals surface area (Å²) in [5.41, 5.74) is 1.69. The lowest BCUT2D eigenvalue weighted by molar-refractivity contribution is -0.154. The smallest absolute Gasteiger partial charge is 0.200 e. The van der Waals surface area contributed by atoms with Crippen LogP contribution in [0.25, 0.3) is 0 Å². The van der Waals surface area contributed by atoms with Gasteiger partial charge in [-0.05, 0) is 36.5 Å². The summed E-state index contributed by atoms with van der Waals surface area (Å²) in [5.74, 6) is -0.561. The fraction of sp³-hybridized carbons (Fsp3) is 0.889. The first-order valence-corrected chi connectivity index (χ1v) is 11.1. The second-order valence-corrected chi connectivity index (χ2v) is 13.7. The van der Waals surface area contributed by atoms with Crippen LogP contribution in [0.15, 0.2) is 12.3 Å². The molecule has 1 fully saturated rings. The van der Waals surface area contributed by atoms with Crippen molar-refractivity contribution < 1.29 is 18.6 Å². The molecular formula is C18H34O4Si. The first-order chi connectivity index (χ1) is 10.6. The number of hydrogen-bond acceptors (Lipinski definition) is 4. The lowest BCUT2D eigenvalue weighted by Crippen LogP contribution is -2.51. The van der Waals surface area contributed by atoms with E-state index in [4.69, 9.17) is 18.6 Å². The Balaban J connectivity index is 2.10. The lowest BCUT2D eigenvalue weighted by atomic mass is 10.1. The molecule has 2 heterocycles. The second-order valence-electron chi connectivity index (χ2n) is 8.20. The molecule has 4 nitrogen and oxygen atoms in total. The minimum Gasteiger partial charge on any atom is -0.493 e. The first kappa shape index (κ1) is 19.0. The van der Waals surface area contributed by atoms with Crippen molar-refractivity contribution in [2.75, 3.05) is 6.61 Å². The standard InChI is InChI=1S/C18H34O4Si/c1-12(2)23(13(3)4,14(5)6)20-11-16-17-15(9-10-19-16)21-18(7,8)22-17/h9-10,12-17H,11H2,1-8H3/t15-,16?,17?/m1/s1. The number of hydrogen-bond donors (Lipinski definition) is 0. The van der Waals surface area contributed by atoms with Gasteiger partial charge in [0.1, 0.15) is 18.3 Å². The van der Waals surface area contributed by atoms with Crippen LogP contribution in [0.1, 0.15) is 55.4 Å². The van der Waals surface area contributed by atoms with Crippen LogP contribution in [0.5, 0.6) is 0 Å². The van der Waals surface area contributed by atoms with Crippen molar-refractivity contribution in [3.8, 4) is 0 Å². The maximum atomic E-state index is 6.67. The van der Waals surface area contributed by atoms with E-state index in [1.165, 1.54) is 0 Å². The molecule has 0 aromatic rings. The van der Waals surface area contributed by atoms with Crippen LogP contribution in [0.3, 0.4) is 0 Å². The van der Waals surface area contributed by atoms with Crippen molar-refractivity contribution in [1.82, 2.24) is 0 Å². The highest BCUT2D eigenvalue weighted by Crippen LogP contribution is 2.43. The van der Waals surface area contributed by atoms with Crippen LogP contribution in [0.4, 0.5) is 0 Å². The van der Waals surface area contributed by atoms with Gasteiger partial charge in [-0.25, -0.2) is 0 Å². The van der Waals surface area contributed by atoms with Crippen molar-refractivity contribution in [2.45, 2.75) is 96.1 Å². The minimum atomic E-state index is -1.89. The highest BCUT2D eigenvalue weighted by atomic mass is 28.4. The summed E-state index contributed by atoms with van der Waals surface area (Å²) in [4.78, 5) is 0. The maximum absolute atomic E-state index is 6.67. The Morgan fingerprint density at radius 1 is 1.00 bits per heavy atom. The van der Waals surface area contributed by atoms with Crippen molar-refractivity contribution in [3.05, 3.63) is 12.3 Å². The Morgan fingerprint density at radius 3 is 2.09 bits per heavy atom. The third kappa shape index (κ3) is 3.68. The van der Waals surface area contributed by atoms with E-state index in [1.54, 1.807) is 6.26 Å². The fourth-order valence-corrected chi connectivity index (χ4v) is 9.87. The van der Waals surface area contributed by atoms with Gasteiger partial charge in [0, 0.05) is 0 Å². The molecule has 2 aliphatic heterocycles. The van der Waals surface area contributed by atoms with E-state index >= 15 is 0 Å². The van der Waals surface area contributed by atoms with E-state index in [-0.39, 0.29) is 18.3 Å². The highest BCUT2D eigenvalue weighted by molar-refractivity contribution is 6.77. The third-order valence-corrected chi connectivity index (χ3v) is 11.3. The summed E-state index contributed by atoms with van der Waals surface area (Å²) in [5, 5.41) is 0. The molecule has 0 radical (unpaired) electrons. The molecule has 0 bridgehead atoms. The Morgan fingerprint density at radius 2 is 1.57 bits per heavy atom. The summed E-state index contributed by atoms with van der Waals surface area (Å²) < 4.78 is 24.5. The summed E-state index contributed by atoms with van der Waals surface area (Å²) >= 11 is 0. The Kier molecular flexibility index (Phi) is 5.66. The molecule has 0 aromatic heterocycles. The van der Waals surface area contributed by atoms with E-state index in [9.17, 15) is 0 Å². The molecule has 134 valence electrons. The van der Waals surface area contributed by atoms with E-state index < -0.39 is 14.1 Å². The van der Waals surface area contributed by atoms with Crippen LogP contribution in [-0.2, 0) is 18.6 Å². The van der Waals surface area contributed by atoms with Crippen LogP contribution in [-0.4, -0.2) is 39.0 Å². The van der Waals surface area contributed by atoms with Gasteiger partial charge in [0.2, 0.25) is 8.32 Å². The summed E-state index contributed by atoms with van der Waals surface area (Å²) in [6.45, 7) is 18.3. The van der Waals surface area contributed by atoms with Crippen molar-refractivity contribution in [1.29, 1.82) is 0 Å². The van der Waals surface area contributed by atoms with Crippen molar-refractivity contribution in [3.63, 3.8) is 0 Å². The number of fused-ring (bicyclic) bond motifs is 1. The maximum Gasteiger partial charge on any atom is 0.200 e. The van der Waals surface area contributed by atoms with E-state index in [2.05, 4.69) is 41.5 Å². The average Bonchev–Trinajstić information content (AvgIpc) is 2.72. The van der Waals surface area contributed by atoms with Crippen LogP contribution >= 0.6 is 0 Å². The van der Waals surface area contributed by atoms with Gasteiger partial charge in [0.05, 0.1) is 12.9 Å². The van der Waals surface area contributed by atoms with Gasteiger partial charge < -0.3 is 18.6 Å². The van der Waals surface area contributed by atoms with Gasteiger partial charge in [-0.15, -0.1) is 0 Å². The summed E-state index contributed by atoms with van der Waals surface area (Å²) in [7, 11) is -1.89. The van der Waals surface area contributed by atoms with Gasteiger partial charge in [0.15, 0.2) is 5.79 Å². The molecule has 5 heteroatoms. The molecule has 0 N–H and O–H groups in total. The molecular weight excluding hydrogens is 308 g/mol. The van der Waals surface area contributed by atoms with Crippen LogP contribution in [0.2, 0.25) is 16.6 Å². The van der Waals surface area contributed by atoms with Crippen molar-refractivity contribution in [2.24, 2.45) is 0 Å². The molecule has 1 saturated heterocycles. The predicted molar refractivity (Wildman–Crippen MR) is 94.8 cm³/mol. The molecule has 2 unspecified atom stereocenters. The topological polar surface area (TPSA) is 36.9 Å². The molecule has 0 saturated carbocycles. The molecule has 0 spiro atoms. The zero-order chi connectivity index (χ0) is 17.4. The van der Waals surface area contributed by atoms with E-state index in [0.717, 1.165) is 0 Å². The average molecular weight is 343 g/mol. The number of ether oxygens (including phenoxy) is 3. The van der Waals surface area contributed by atoms with Gasteiger partial charge in [-0.3, -0.25) is 0 Å². The molecule has 0 amide bonds. The van der Waals surface area contributed by atoms with Gasteiger partial charge in [-0.2, -0.15) is 0 Å². The van der Waals surface area contributed by atoms with Crippen molar-refractivity contribution >= 4 is 8.32 Å². The zero-order valence-electron chi connectivity index (χ0n) is 16.0.